The summed E-state index contributed by atoms with van der Waals surface area (Å²) in [5, 5.41) is 29.9. The van der Waals surface area contributed by atoms with E-state index in [4.69, 9.17) is 4.74 Å². The van der Waals surface area contributed by atoms with Crippen molar-refractivity contribution in [3.05, 3.63) is 32.9 Å². The zero-order valence-corrected chi connectivity index (χ0v) is 13.8. The molecule has 1 aliphatic heterocycles. The zero-order valence-electron chi connectivity index (χ0n) is 13.8. The lowest BCUT2D eigenvalue weighted by Gasteiger charge is -2.44. The number of β-amino-alcohol motifs (C(OH)–C–C–N with tert-alkyl or cyclic N) is 1. The highest BCUT2D eigenvalue weighted by Crippen LogP contribution is 2.28. The van der Waals surface area contributed by atoms with Crippen LogP contribution in [0.4, 0.5) is 9.18 Å². The Labute approximate surface area is 141 Å². The molecule has 0 spiro atoms. The highest BCUT2D eigenvalue weighted by atomic mass is 19.1. The molecule has 0 saturated carbocycles. The number of carbonyl (C=O) groups excluding carboxylic acids is 1. The van der Waals surface area contributed by atoms with Crippen molar-refractivity contribution in [2.24, 2.45) is 0 Å². The first-order valence-electron chi connectivity index (χ1n) is 7.47. The molecule has 10 nitrogen and oxygen atoms in total. The van der Waals surface area contributed by atoms with Crippen LogP contribution in [0, 0.1) is 5.82 Å². The summed E-state index contributed by atoms with van der Waals surface area (Å²) in [6, 6.07) is 0. The molecule has 1 amide bonds. The van der Waals surface area contributed by atoms with Gasteiger partial charge in [0.1, 0.15) is 30.1 Å². The summed E-state index contributed by atoms with van der Waals surface area (Å²) in [7, 11) is 0. The molecule has 4 atom stereocenters. The van der Waals surface area contributed by atoms with Gasteiger partial charge in [-0.1, -0.05) is 0 Å². The van der Waals surface area contributed by atoms with E-state index in [1.165, 1.54) is 0 Å². The van der Waals surface area contributed by atoms with E-state index in [1.54, 1.807) is 25.8 Å². The Balaban J connectivity index is 2.52. The largest absolute Gasteiger partial charge is 0.444 e. The number of piperidine rings is 1. The van der Waals surface area contributed by atoms with Crippen LogP contribution in [0.1, 0.15) is 26.9 Å². The van der Waals surface area contributed by atoms with Gasteiger partial charge in [-0.25, -0.2) is 9.59 Å². The van der Waals surface area contributed by atoms with Gasteiger partial charge in [0.2, 0.25) is 5.82 Å². The van der Waals surface area contributed by atoms with Crippen molar-refractivity contribution >= 4 is 6.09 Å². The maximum atomic E-state index is 13.6. The van der Waals surface area contributed by atoms with Crippen LogP contribution in [-0.2, 0) is 4.74 Å². The Morgan fingerprint density at radius 3 is 2.44 bits per heavy atom. The van der Waals surface area contributed by atoms with Gasteiger partial charge in [0.05, 0.1) is 12.7 Å². The van der Waals surface area contributed by atoms with Crippen molar-refractivity contribution in [2.75, 3.05) is 6.54 Å². The molecule has 11 heteroatoms. The van der Waals surface area contributed by atoms with E-state index >= 15 is 0 Å². The third kappa shape index (κ3) is 3.89. The van der Waals surface area contributed by atoms with Gasteiger partial charge in [0.25, 0.3) is 5.56 Å². The maximum absolute atomic E-state index is 13.6. The number of carbonyl (C=O) groups is 1. The summed E-state index contributed by atoms with van der Waals surface area (Å²) >= 11 is 0. The van der Waals surface area contributed by atoms with Crippen molar-refractivity contribution < 1.29 is 29.2 Å². The Morgan fingerprint density at radius 1 is 1.28 bits per heavy atom. The highest BCUT2D eigenvalue weighted by Gasteiger charge is 2.46. The number of likely N-dealkylation sites (tertiary alicyclic amines) is 1. The Morgan fingerprint density at radius 2 is 1.88 bits per heavy atom. The molecule has 0 bridgehead atoms. The number of rotatable bonds is 1. The third-order valence-corrected chi connectivity index (χ3v) is 3.59. The van der Waals surface area contributed by atoms with Gasteiger partial charge in [0, 0.05) is 0 Å². The van der Waals surface area contributed by atoms with Crippen molar-refractivity contribution in [2.45, 2.75) is 50.8 Å². The summed E-state index contributed by atoms with van der Waals surface area (Å²) in [6.45, 7) is 4.26. The number of aliphatic hydroxyl groups is 3. The van der Waals surface area contributed by atoms with E-state index in [9.17, 15) is 34.1 Å². The smallest absolute Gasteiger partial charge is 0.412 e. The maximum Gasteiger partial charge on any atom is 0.412 e. The predicted octanol–water partition coefficient (Wildman–Crippen LogP) is -1.49. The topological polar surface area (TPSA) is 145 Å². The van der Waals surface area contributed by atoms with Gasteiger partial charge in [-0.2, -0.15) is 4.39 Å². The van der Waals surface area contributed by atoms with Gasteiger partial charge < -0.3 is 20.1 Å². The van der Waals surface area contributed by atoms with Crippen LogP contribution < -0.4 is 11.2 Å². The number of amides is 1. The van der Waals surface area contributed by atoms with E-state index < -0.39 is 59.8 Å². The van der Waals surface area contributed by atoms with Crippen LogP contribution in [0.3, 0.4) is 0 Å². The van der Waals surface area contributed by atoms with Crippen LogP contribution in [0.5, 0.6) is 0 Å². The number of nitrogens with zero attached hydrogens (tertiary/aromatic N) is 2. The van der Waals surface area contributed by atoms with E-state index in [0.29, 0.717) is 10.8 Å². The molecular formula is C14H20FN3O7. The number of aliphatic hydroxyl groups excluding tert-OH is 3. The van der Waals surface area contributed by atoms with Crippen LogP contribution in [0.25, 0.3) is 0 Å². The van der Waals surface area contributed by atoms with Crippen molar-refractivity contribution in [1.29, 1.82) is 0 Å². The number of aromatic amines is 1. The van der Waals surface area contributed by atoms with Crippen LogP contribution in [0.2, 0.25) is 0 Å². The standard InChI is InChI=1S/C14H20FN3O7/c1-14(2,3)25-13(24)18-5-7(19)8(20)9(21)11(18)17-4-6(15)10(22)16-12(17)23/h4,7-9,11,19-21H,5H2,1-3H3,(H,16,22,23)/t7-,8-,9+,11+/m1/s1. The van der Waals surface area contributed by atoms with Gasteiger partial charge in [0.15, 0.2) is 0 Å². The van der Waals surface area contributed by atoms with E-state index in [1.807, 2.05) is 0 Å². The van der Waals surface area contributed by atoms with Crippen molar-refractivity contribution in [1.82, 2.24) is 14.5 Å². The molecule has 0 aliphatic carbocycles. The molecule has 1 fully saturated rings. The fraction of sp³-hybridized carbons (Fsp3) is 0.643. The second-order valence-corrected chi connectivity index (χ2v) is 6.74. The first-order valence-corrected chi connectivity index (χ1v) is 7.47. The van der Waals surface area contributed by atoms with Crippen LogP contribution in [-0.4, -0.2) is 66.3 Å². The molecule has 1 saturated heterocycles. The number of aromatic nitrogens is 2. The summed E-state index contributed by atoms with van der Waals surface area (Å²) in [5.74, 6) is -1.32. The molecule has 0 aromatic carbocycles. The van der Waals surface area contributed by atoms with Crippen LogP contribution in [0.15, 0.2) is 15.8 Å². The first-order chi connectivity index (χ1) is 11.4. The number of nitrogens with one attached hydrogen (secondary N) is 1. The summed E-state index contributed by atoms with van der Waals surface area (Å²) in [4.78, 5) is 38.0. The average Bonchev–Trinajstić information content (AvgIpc) is 2.47. The number of hydrogen-bond donors (Lipinski definition) is 4. The summed E-state index contributed by atoms with van der Waals surface area (Å²) < 4.78 is 19.3. The quantitative estimate of drug-likeness (QED) is 0.477. The zero-order chi connectivity index (χ0) is 19.1. The summed E-state index contributed by atoms with van der Waals surface area (Å²) in [6.07, 6.45) is -7.13. The lowest BCUT2D eigenvalue weighted by molar-refractivity contribution is -0.152. The molecule has 0 unspecified atom stereocenters. The van der Waals surface area contributed by atoms with E-state index in [0.717, 1.165) is 4.90 Å². The molecular weight excluding hydrogens is 341 g/mol. The van der Waals surface area contributed by atoms with Gasteiger partial charge >= 0.3 is 11.8 Å². The Kier molecular flexibility index (Phi) is 5.02. The molecule has 1 aromatic rings. The molecule has 0 radical (unpaired) electrons. The molecule has 25 heavy (non-hydrogen) atoms. The summed E-state index contributed by atoms with van der Waals surface area (Å²) in [5.41, 5.74) is -3.29. The van der Waals surface area contributed by atoms with Crippen molar-refractivity contribution in [3.8, 4) is 0 Å². The molecule has 4 N–H and O–H groups in total. The number of halogens is 1. The monoisotopic (exact) mass is 361 g/mol. The molecule has 2 heterocycles. The fourth-order valence-corrected chi connectivity index (χ4v) is 2.48. The van der Waals surface area contributed by atoms with E-state index in [2.05, 4.69) is 0 Å². The predicted molar refractivity (Wildman–Crippen MR) is 81.3 cm³/mol. The molecule has 140 valence electrons. The van der Waals surface area contributed by atoms with E-state index in [-0.39, 0.29) is 0 Å². The minimum absolute atomic E-state index is 0.481. The normalized spacial score (nSPS) is 27.2. The van der Waals surface area contributed by atoms with Crippen molar-refractivity contribution in [3.63, 3.8) is 0 Å². The fourth-order valence-electron chi connectivity index (χ4n) is 2.48. The number of H-pyrrole nitrogens is 1. The highest BCUT2D eigenvalue weighted by molar-refractivity contribution is 5.68. The molecule has 1 aliphatic rings. The number of ether oxygens (including phenoxy) is 1. The minimum atomic E-state index is -1.83. The first kappa shape index (κ1) is 19.1. The Hall–Kier alpha value is -2.24. The second-order valence-electron chi connectivity index (χ2n) is 6.74. The Bertz CT molecular complexity index is 769. The number of hydrogen-bond acceptors (Lipinski definition) is 7. The minimum Gasteiger partial charge on any atom is -0.444 e. The lowest BCUT2D eigenvalue weighted by atomic mass is 9.98. The lowest BCUT2D eigenvalue weighted by Crippen LogP contribution is -2.62. The average molecular weight is 361 g/mol. The molecule has 1 aromatic heterocycles. The van der Waals surface area contributed by atoms with Gasteiger partial charge in [-0.05, 0) is 20.8 Å². The third-order valence-electron chi connectivity index (χ3n) is 3.59. The SMILES string of the molecule is CC(C)(C)OC(=O)N1C[C@@H](O)[C@@H](O)[C@H](O)[C@H]1n1cc(F)c(=O)[nH]c1=O. The second kappa shape index (κ2) is 6.58. The van der Waals surface area contributed by atoms with Crippen LogP contribution >= 0.6 is 0 Å². The van der Waals surface area contributed by atoms with Gasteiger partial charge in [-0.3, -0.25) is 19.2 Å². The van der Waals surface area contributed by atoms with Gasteiger partial charge in [-0.15, -0.1) is 0 Å². The molecule has 2 rings (SSSR count).